The molecule has 0 atom stereocenters. The van der Waals surface area contributed by atoms with Gasteiger partial charge >= 0.3 is 0 Å². The Hall–Kier alpha value is -3.08. The first-order valence-corrected chi connectivity index (χ1v) is 6.82. The Bertz CT molecular complexity index is 865. The normalized spacial score (nSPS) is 11.1. The number of aromatic hydroxyl groups is 1. The molecule has 0 aliphatic carbocycles. The van der Waals surface area contributed by atoms with Gasteiger partial charge in [-0.1, -0.05) is 30.3 Å². The number of carbonyl (C=O) groups is 1. The van der Waals surface area contributed by atoms with Crippen molar-refractivity contribution in [2.45, 2.75) is 0 Å². The summed E-state index contributed by atoms with van der Waals surface area (Å²) in [7, 11) is 1.89. The van der Waals surface area contributed by atoms with E-state index < -0.39 is 0 Å². The van der Waals surface area contributed by atoms with Crippen molar-refractivity contribution in [2.75, 3.05) is 0 Å². The number of hydrogen-bond acceptors (Lipinski definition) is 3. The first-order chi connectivity index (χ1) is 10.7. The number of aromatic nitrogens is 1. The molecule has 110 valence electrons. The Morgan fingerprint density at radius 2 is 1.91 bits per heavy atom. The van der Waals surface area contributed by atoms with Crippen molar-refractivity contribution < 1.29 is 9.90 Å². The van der Waals surface area contributed by atoms with Gasteiger partial charge < -0.3 is 9.67 Å². The lowest BCUT2D eigenvalue weighted by Crippen LogP contribution is -2.17. The molecule has 22 heavy (non-hydrogen) atoms. The molecule has 1 aromatic heterocycles. The lowest BCUT2D eigenvalue weighted by atomic mass is 10.2. The van der Waals surface area contributed by atoms with E-state index in [1.54, 1.807) is 30.5 Å². The zero-order chi connectivity index (χ0) is 15.5. The summed E-state index contributed by atoms with van der Waals surface area (Å²) in [6, 6.07) is 14.5. The van der Waals surface area contributed by atoms with Crippen molar-refractivity contribution in [2.24, 2.45) is 12.1 Å². The fourth-order valence-electron chi connectivity index (χ4n) is 2.34. The van der Waals surface area contributed by atoms with Gasteiger partial charge in [0.15, 0.2) is 0 Å². The first kappa shape index (κ1) is 13.9. The number of benzene rings is 2. The van der Waals surface area contributed by atoms with Gasteiger partial charge in [-0.3, -0.25) is 4.79 Å². The number of phenolic OH excluding ortho intramolecular Hbond substituents is 1. The van der Waals surface area contributed by atoms with Crippen LogP contribution in [0, 0.1) is 0 Å². The maximum Gasteiger partial charge on any atom is 0.273 e. The summed E-state index contributed by atoms with van der Waals surface area (Å²) in [5.41, 5.74) is 4.57. The number of nitrogens with one attached hydrogen (secondary N) is 1. The second-order valence-electron chi connectivity index (χ2n) is 4.93. The van der Waals surface area contributed by atoms with E-state index in [9.17, 15) is 9.90 Å². The molecule has 0 unspecified atom stereocenters. The van der Waals surface area contributed by atoms with Gasteiger partial charge in [0.05, 0.1) is 11.8 Å². The highest BCUT2D eigenvalue weighted by Gasteiger charge is 2.12. The van der Waals surface area contributed by atoms with Crippen LogP contribution in [0.1, 0.15) is 15.9 Å². The predicted molar refractivity (Wildman–Crippen MR) is 86.1 cm³/mol. The van der Waals surface area contributed by atoms with Gasteiger partial charge in [-0.2, -0.15) is 5.10 Å². The highest BCUT2D eigenvalue weighted by molar-refractivity contribution is 6.07. The molecule has 2 aromatic carbocycles. The molecule has 0 aliphatic rings. The average Bonchev–Trinajstić information content (AvgIpc) is 2.87. The zero-order valence-electron chi connectivity index (χ0n) is 12.0. The fraction of sp³-hybridized carbons (Fsp3) is 0.0588. The van der Waals surface area contributed by atoms with E-state index in [0.29, 0.717) is 11.1 Å². The second-order valence-corrected chi connectivity index (χ2v) is 4.93. The Morgan fingerprint density at radius 3 is 2.73 bits per heavy atom. The average molecular weight is 293 g/mol. The molecular weight excluding hydrogens is 278 g/mol. The molecule has 0 aliphatic heterocycles. The van der Waals surface area contributed by atoms with Crippen LogP contribution in [0.3, 0.4) is 0 Å². The first-order valence-electron chi connectivity index (χ1n) is 6.82. The minimum atomic E-state index is -0.288. The number of aryl methyl sites for hydroxylation is 1. The number of hydrazone groups is 1. The lowest BCUT2D eigenvalue weighted by Gasteiger charge is -1.99. The second kappa shape index (κ2) is 5.73. The Kier molecular flexibility index (Phi) is 3.62. The van der Waals surface area contributed by atoms with Crippen molar-refractivity contribution in [3.8, 4) is 5.75 Å². The van der Waals surface area contributed by atoms with Crippen LogP contribution in [0.2, 0.25) is 0 Å². The van der Waals surface area contributed by atoms with Gasteiger partial charge in [-0.15, -0.1) is 0 Å². The molecule has 5 nitrogen and oxygen atoms in total. The van der Waals surface area contributed by atoms with Crippen LogP contribution >= 0.6 is 0 Å². The van der Waals surface area contributed by atoms with Gasteiger partial charge in [-0.25, -0.2) is 5.43 Å². The summed E-state index contributed by atoms with van der Waals surface area (Å²) in [5, 5.41) is 14.4. The summed E-state index contributed by atoms with van der Waals surface area (Å²) in [6.45, 7) is 0. The number of phenols is 1. The van der Waals surface area contributed by atoms with Gasteiger partial charge in [0.2, 0.25) is 0 Å². The number of nitrogens with zero attached hydrogens (tertiary/aromatic N) is 2. The molecular formula is C17H15N3O2. The van der Waals surface area contributed by atoms with E-state index in [4.69, 9.17) is 0 Å². The Balaban J connectivity index is 1.81. The number of fused-ring (bicyclic) bond motifs is 1. The Morgan fingerprint density at radius 1 is 1.18 bits per heavy atom. The number of rotatable bonds is 3. The van der Waals surface area contributed by atoms with Crippen molar-refractivity contribution in [3.05, 3.63) is 65.9 Å². The number of carbonyl (C=O) groups excluding carboxylic acids is 1. The number of hydrogen-bond donors (Lipinski definition) is 2. The van der Waals surface area contributed by atoms with Crippen LogP contribution in [-0.4, -0.2) is 21.8 Å². The van der Waals surface area contributed by atoms with Crippen LogP contribution in [0.4, 0.5) is 0 Å². The lowest BCUT2D eigenvalue weighted by molar-refractivity contribution is 0.0956. The quantitative estimate of drug-likeness (QED) is 0.576. The van der Waals surface area contributed by atoms with E-state index in [0.717, 1.165) is 10.9 Å². The summed E-state index contributed by atoms with van der Waals surface area (Å²) in [6.07, 6.45) is 3.19. The maximum atomic E-state index is 12.2. The third-order valence-electron chi connectivity index (χ3n) is 3.45. The van der Waals surface area contributed by atoms with Crippen LogP contribution < -0.4 is 5.43 Å². The van der Waals surface area contributed by atoms with Crippen molar-refractivity contribution >= 4 is 23.0 Å². The van der Waals surface area contributed by atoms with Crippen LogP contribution in [0.5, 0.6) is 5.75 Å². The predicted octanol–water partition coefficient (Wildman–Crippen LogP) is 2.65. The molecule has 0 saturated heterocycles. The van der Waals surface area contributed by atoms with Gasteiger partial charge in [0.1, 0.15) is 5.75 Å². The third-order valence-corrected chi connectivity index (χ3v) is 3.45. The van der Waals surface area contributed by atoms with Crippen LogP contribution in [-0.2, 0) is 7.05 Å². The minimum Gasteiger partial charge on any atom is -0.507 e. The smallest absolute Gasteiger partial charge is 0.273 e. The van der Waals surface area contributed by atoms with Gasteiger partial charge in [0.25, 0.3) is 5.91 Å². The molecule has 0 radical (unpaired) electrons. The van der Waals surface area contributed by atoms with E-state index in [1.807, 2.05) is 35.9 Å². The fourth-order valence-corrected chi connectivity index (χ4v) is 2.34. The van der Waals surface area contributed by atoms with E-state index >= 15 is 0 Å². The molecule has 0 spiro atoms. The molecule has 0 bridgehead atoms. The maximum absolute atomic E-state index is 12.2. The van der Waals surface area contributed by atoms with Gasteiger partial charge in [0, 0.05) is 29.7 Å². The SMILES string of the molecule is Cn1cc(C(=O)N/N=C/c2ccccc2O)c2ccccc21. The summed E-state index contributed by atoms with van der Waals surface area (Å²) in [4.78, 5) is 12.2. The van der Waals surface area contributed by atoms with E-state index in [1.165, 1.54) is 6.21 Å². The largest absolute Gasteiger partial charge is 0.507 e. The summed E-state index contributed by atoms with van der Waals surface area (Å²) < 4.78 is 1.90. The summed E-state index contributed by atoms with van der Waals surface area (Å²) >= 11 is 0. The molecule has 3 aromatic rings. The highest BCUT2D eigenvalue weighted by atomic mass is 16.3. The van der Waals surface area contributed by atoms with E-state index in [-0.39, 0.29) is 11.7 Å². The summed E-state index contributed by atoms with van der Waals surface area (Å²) in [5.74, 6) is -0.172. The number of para-hydroxylation sites is 2. The minimum absolute atomic E-state index is 0.116. The van der Waals surface area contributed by atoms with Crippen LogP contribution in [0.25, 0.3) is 10.9 Å². The standard InChI is InChI=1S/C17H15N3O2/c1-20-11-14(13-7-3-4-8-15(13)20)17(22)19-18-10-12-6-2-5-9-16(12)21/h2-11,21H,1H3,(H,19,22)/b18-10+. The highest BCUT2D eigenvalue weighted by Crippen LogP contribution is 2.20. The van der Waals surface area contributed by atoms with E-state index in [2.05, 4.69) is 10.5 Å². The molecule has 2 N–H and O–H groups in total. The van der Waals surface area contributed by atoms with Crippen molar-refractivity contribution in [1.82, 2.24) is 9.99 Å². The molecule has 5 heteroatoms. The Labute approximate surface area is 127 Å². The third kappa shape index (κ3) is 2.56. The van der Waals surface area contributed by atoms with Gasteiger partial charge in [-0.05, 0) is 18.2 Å². The topological polar surface area (TPSA) is 66.6 Å². The molecule has 0 saturated carbocycles. The number of amides is 1. The zero-order valence-corrected chi connectivity index (χ0v) is 12.0. The molecule has 1 amide bonds. The molecule has 1 heterocycles. The monoisotopic (exact) mass is 293 g/mol. The molecule has 0 fully saturated rings. The molecule has 3 rings (SSSR count). The van der Waals surface area contributed by atoms with Crippen molar-refractivity contribution in [1.29, 1.82) is 0 Å². The van der Waals surface area contributed by atoms with Crippen molar-refractivity contribution in [3.63, 3.8) is 0 Å². The van der Waals surface area contributed by atoms with Crippen LogP contribution in [0.15, 0.2) is 59.8 Å².